The number of nitrogens with one attached hydrogen (secondary N) is 1. The maximum Gasteiger partial charge on any atom is 0.0941 e. The Balaban J connectivity index is 3.22. The second-order valence-corrected chi connectivity index (χ2v) is 4.49. The van der Waals surface area contributed by atoms with E-state index in [9.17, 15) is 4.21 Å². The first-order valence-corrected chi connectivity index (χ1v) is 5.13. The van der Waals surface area contributed by atoms with Crippen molar-refractivity contribution in [2.45, 2.75) is 25.5 Å². The molecule has 1 atom stereocenters. The van der Waals surface area contributed by atoms with Gasteiger partial charge in [0.2, 0.25) is 0 Å². The summed E-state index contributed by atoms with van der Waals surface area (Å²) in [6.07, 6.45) is 0.875. The molecule has 0 aromatic carbocycles. The first-order valence-electron chi connectivity index (χ1n) is 3.38. The van der Waals surface area contributed by atoms with Gasteiger partial charge < -0.3 is 0 Å². The third-order valence-corrected chi connectivity index (χ3v) is 2.60. The zero-order chi connectivity index (χ0) is 7.98. The van der Waals surface area contributed by atoms with Crippen LogP contribution < -0.4 is 4.72 Å². The molecule has 0 spiro atoms. The summed E-state index contributed by atoms with van der Waals surface area (Å²) in [4.78, 5) is 0. The smallest absolute Gasteiger partial charge is 0.0941 e. The summed E-state index contributed by atoms with van der Waals surface area (Å²) in [5, 5.41) is 0.190. The second kappa shape index (κ2) is 6.13. The van der Waals surface area contributed by atoms with Gasteiger partial charge in [-0.3, -0.25) is 0 Å². The summed E-state index contributed by atoms with van der Waals surface area (Å²) >= 11 is 5.43. The highest BCUT2D eigenvalue weighted by atomic mass is 35.5. The van der Waals surface area contributed by atoms with Crippen LogP contribution in [-0.2, 0) is 11.0 Å². The van der Waals surface area contributed by atoms with Crippen LogP contribution in [0.2, 0.25) is 0 Å². The van der Waals surface area contributed by atoms with Gasteiger partial charge in [-0.2, -0.15) is 0 Å². The highest BCUT2D eigenvalue weighted by Crippen LogP contribution is 1.89. The van der Waals surface area contributed by atoms with Crippen LogP contribution in [0, 0.1) is 0 Å². The summed E-state index contributed by atoms with van der Waals surface area (Å²) in [6.45, 7) is 4.59. The van der Waals surface area contributed by atoms with Crippen LogP contribution in [0.25, 0.3) is 0 Å². The van der Waals surface area contributed by atoms with Crippen molar-refractivity contribution in [1.82, 2.24) is 4.72 Å². The van der Waals surface area contributed by atoms with Gasteiger partial charge in [-0.25, -0.2) is 8.93 Å². The highest BCUT2D eigenvalue weighted by Gasteiger charge is 2.01. The molecule has 10 heavy (non-hydrogen) atoms. The fraction of sp³-hybridized carbons (Fsp3) is 1.00. The highest BCUT2D eigenvalue weighted by molar-refractivity contribution is 7.83. The molecule has 0 fully saturated rings. The van der Waals surface area contributed by atoms with E-state index in [0.29, 0.717) is 5.88 Å². The van der Waals surface area contributed by atoms with Gasteiger partial charge in [0.15, 0.2) is 0 Å². The average molecular weight is 184 g/mol. The first kappa shape index (κ1) is 10.4. The first-order chi connectivity index (χ1) is 4.68. The van der Waals surface area contributed by atoms with Crippen molar-refractivity contribution in [3.63, 3.8) is 0 Å². The summed E-state index contributed by atoms with van der Waals surface area (Å²) in [5.74, 6) is 0.627. The zero-order valence-electron chi connectivity index (χ0n) is 6.39. The molecular formula is C6H14ClNOS. The minimum atomic E-state index is -0.882. The van der Waals surface area contributed by atoms with Gasteiger partial charge in [-0.15, -0.1) is 11.6 Å². The Morgan fingerprint density at radius 3 is 2.60 bits per heavy atom. The summed E-state index contributed by atoms with van der Waals surface area (Å²) < 4.78 is 13.8. The molecule has 0 aliphatic rings. The standard InChI is InChI=1S/C6H14ClNOS/c1-6(2)10(9)8-5-3-4-7/h6,8H,3-5H2,1-2H3. The van der Waals surface area contributed by atoms with Crippen LogP contribution in [-0.4, -0.2) is 21.9 Å². The fourth-order valence-electron chi connectivity index (χ4n) is 0.406. The molecule has 62 valence electrons. The van der Waals surface area contributed by atoms with Gasteiger partial charge >= 0.3 is 0 Å². The quantitative estimate of drug-likeness (QED) is 0.505. The predicted molar refractivity (Wildman–Crippen MR) is 46.6 cm³/mol. The Morgan fingerprint density at radius 2 is 2.20 bits per heavy atom. The molecule has 1 unspecified atom stereocenters. The van der Waals surface area contributed by atoms with E-state index >= 15 is 0 Å². The zero-order valence-corrected chi connectivity index (χ0v) is 7.97. The van der Waals surface area contributed by atoms with E-state index < -0.39 is 11.0 Å². The Kier molecular flexibility index (Phi) is 6.38. The van der Waals surface area contributed by atoms with Crippen LogP contribution in [0.5, 0.6) is 0 Å². The summed E-state index contributed by atoms with van der Waals surface area (Å²) in [7, 11) is -0.882. The molecule has 0 aromatic rings. The van der Waals surface area contributed by atoms with Crippen LogP contribution in [0.1, 0.15) is 20.3 Å². The molecular weight excluding hydrogens is 170 g/mol. The van der Waals surface area contributed by atoms with E-state index in [-0.39, 0.29) is 5.25 Å². The van der Waals surface area contributed by atoms with Crippen molar-refractivity contribution in [2.75, 3.05) is 12.4 Å². The van der Waals surface area contributed by atoms with Gasteiger partial charge in [0.05, 0.1) is 11.0 Å². The number of halogens is 1. The lowest BCUT2D eigenvalue weighted by Crippen LogP contribution is -2.25. The van der Waals surface area contributed by atoms with E-state index in [0.717, 1.165) is 13.0 Å². The fourth-order valence-corrected chi connectivity index (χ4v) is 1.22. The van der Waals surface area contributed by atoms with Crippen molar-refractivity contribution in [2.24, 2.45) is 0 Å². The van der Waals surface area contributed by atoms with E-state index in [2.05, 4.69) is 4.72 Å². The minimum absolute atomic E-state index is 0.190. The number of hydrogen-bond acceptors (Lipinski definition) is 1. The molecule has 0 bridgehead atoms. The van der Waals surface area contributed by atoms with E-state index in [4.69, 9.17) is 11.6 Å². The van der Waals surface area contributed by atoms with Gasteiger partial charge in [-0.05, 0) is 20.3 Å². The predicted octanol–water partition coefficient (Wildman–Crippen LogP) is 1.28. The Hall–Kier alpha value is 0.400. The minimum Gasteiger partial charge on any atom is -0.243 e. The van der Waals surface area contributed by atoms with Crippen molar-refractivity contribution in [3.05, 3.63) is 0 Å². The van der Waals surface area contributed by atoms with E-state index in [1.165, 1.54) is 0 Å². The Labute approximate surface area is 69.9 Å². The van der Waals surface area contributed by atoms with Crippen molar-refractivity contribution in [3.8, 4) is 0 Å². The second-order valence-electron chi connectivity index (χ2n) is 2.28. The molecule has 2 nitrogen and oxygen atoms in total. The summed E-state index contributed by atoms with van der Waals surface area (Å²) in [5.41, 5.74) is 0. The maximum absolute atomic E-state index is 11.0. The molecule has 0 radical (unpaired) electrons. The Morgan fingerprint density at radius 1 is 1.60 bits per heavy atom. The van der Waals surface area contributed by atoms with Crippen LogP contribution in [0.15, 0.2) is 0 Å². The lowest BCUT2D eigenvalue weighted by Gasteiger charge is -2.05. The lowest BCUT2D eigenvalue weighted by molar-refractivity contribution is 0.663. The average Bonchev–Trinajstić information content (AvgIpc) is 1.88. The van der Waals surface area contributed by atoms with Gasteiger partial charge in [0.1, 0.15) is 0 Å². The molecule has 0 aromatic heterocycles. The molecule has 0 saturated heterocycles. The van der Waals surface area contributed by atoms with Gasteiger partial charge in [0.25, 0.3) is 0 Å². The third kappa shape index (κ3) is 5.21. The number of rotatable bonds is 5. The maximum atomic E-state index is 11.0. The molecule has 0 saturated carbocycles. The Bertz CT molecular complexity index is 108. The molecule has 1 N–H and O–H groups in total. The number of alkyl halides is 1. The summed E-state index contributed by atoms with van der Waals surface area (Å²) in [6, 6.07) is 0. The van der Waals surface area contributed by atoms with Crippen LogP contribution in [0.3, 0.4) is 0 Å². The normalized spacial score (nSPS) is 14.0. The molecule has 0 heterocycles. The van der Waals surface area contributed by atoms with Crippen molar-refractivity contribution in [1.29, 1.82) is 0 Å². The SMILES string of the molecule is CC(C)S(=O)NCCCCl. The van der Waals surface area contributed by atoms with Gasteiger partial charge in [-0.1, -0.05) is 0 Å². The van der Waals surface area contributed by atoms with Crippen molar-refractivity contribution >= 4 is 22.6 Å². The monoisotopic (exact) mass is 183 g/mol. The van der Waals surface area contributed by atoms with Crippen LogP contribution >= 0.6 is 11.6 Å². The topological polar surface area (TPSA) is 29.1 Å². The molecule has 4 heteroatoms. The van der Waals surface area contributed by atoms with Crippen molar-refractivity contribution < 1.29 is 4.21 Å². The molecule has 0 rings (SSSR count). The largest absolute Gasteiger partial charge is 0.243 e. The van der Waals surface area contributed by atoms with Gasteiger partial charge in [0, 0.05) is 17.7 Å². The molecule has 0 aliphatic carbocycles. The number of hydrogen-bond donors (Lipinski definition) is 1. The molecule has 0 amide bonds. The third-order valence-electron chi connectivity index (χ3n) is 0.983. The van der Waals surface area contributed by atoms with E-state index in [1.807, 2.05) is 13.8 Å². The molecule has 0 aliphatic heterocycles. The van der Waals surface area contributed by atoms with E-state index in [1.54, 1.807) is 0 Å². The van der Waals surface area contributed by atoms with Crippen LogP contribution in [0.4, 0.5) is 0 Å². The lowest BCUT2D eigenvalue weighted by atomic mass is 10.5.